The third-order valence-electron chi connectivity index (χ3n) is 8.48. The summed E-state index contributed by atoms with van der Waals surface area (Å²) in [5, 5.41) is 0. The molecular weight excluding hydrogens is 458 g/mol. The number of amides is 1. The van der Waals surface area contributed by atoms with Gasteiger partial charge in [-0.05, 0) is 83.2 Å². The molecule has 6 heteroatoms. The Kier molecular flexibility index (Phi) is 7.29. The fourth-order valence-corrected chi connectivity index (χ4v) is 6.17. The maximum atomic E-state index is 13.3. The lowest BCUT2D eigenvalue weighted by Crippen LogP contribution is -2.58. The fraction of sp³-hybridized carbons (Fsp3) is 0.452. The molecule has 0 aliphatic carbocycles. The molecule has 6 nitrogen and oxygen atoms in total. The van der Waals surface area contributed by atoms with E-state index >= 15 is 0 Å². The molecule has 5 rings (SSSR count). The highest BCUT2D eigenvalue weighted by Gasteiger charge is 2.40. The van der Waals surface area contributed by atoms with Crippen molar-refractivity contribution in [2.24, 2.45) is 0 Å². The predicted molar refractivity (Wildman–Crippen MR) is 149 cm³/mol. The van der Waals surface area contributed by atoms with Crippen LogP contribution in [0.3, 0.4) is 0 Å². The van der Waals surface area contributed by atoms with Crippen LogP contribution in [-0.4, -0.2) is 63.4 Å². The molecule has 0 radical (unpaired) electrons. The van der Waals surface area contributed by atoms with E-state index in [0.717, 1.165) is 63.3 Å². The highest BCUT2D eigenvalue weighted by Crippen LogP contribution is 2.36. The number of piperidine rings is 2. The number of carbonyl (C=O) groups excluding carboxylic acids is 1. The van der Waals surface area contributed by atoms with E-state index in [-0.39, 0.29) is 11.4 Å². The summed E-state index contributed by atoms with van der Waals surface area (Å²) in [5.74, 6) is 0.0769. The average molecular weight is 498 g/mol. The Morgan fingerprint density at radius 2 is 1.49 bits per heavy atom. The zero-order chi connectivity index (χ0) is 26.0. The second-order valence-corrected chi connectivity index (χ2v) is 11.0. The molecule has 0 atom stereocenters. The molecule has 0 N–H and O–H groups in total. The monoisotopic (exact) mass is 497 g/mol. The molecule has 2 aliphatic rings. The summed E-state index contributed by atoms with van der Waals surface area (Å²) < 4.78 is 0. The Morgan fingerprint density at radius 1 is 0.865 bits per heavy atom. The van der Waals surface area contributed by atoms with Gasteiger partial charge < -0.3 is 9.80 Å². The lowest BCUT2D eigenvalue weighted by atomic mass is 9.85. The van der Waals surface area contributed by atoms with Crippen molar-refractivity contribution >= 4 is 17.3 Å². The lowest BCUT2D eigenvalue weighted by Gasteiger charge is -2.50. The smallest absolute Gasteiger partial charge is 0.257 e. The highest BCUT2D eigenvalue weighted by molar-refractivity contribution is 5.96. The van der Waals surface area contributed by atoms with Crippen LogP contribution in [0.4, 0.5) is 11.4 Å². The molecule has 1 aromatic heterocycles. The van der Waals surface area contributed by atoms with E-state index in [9.17, 15) is 4.79 Å². The van der Waals surface area contributed by atoms with E-state index < -0.39 is 0 Å². The molecule has 3 aromatic rings. The van der Waals surface area contributed by atoms with Gasteiger partial charge in [0.25, 0.3) is 5.91 Å². The third kappa shape index (κ3) is 5.26. The molecule has 37 heavy (non-hydrogen) atoms. The highest BCUT2D eigenvalue weighted by atomic mass is 16.2. The number of likely N-dealkylation sites (tertiary alicyclic amines) is 2. The predicted octanol–water partition coefficient (Wildman–Crippen LogP) is 5.70. The van der Waals surface area contributed by atoms with Crippen molar-refractivity contribution in [1.29, 1.82) is 0 Å². The van der Waals surface area contributed by atoms with Gasteiger partial charge in [0, 0.05) is 49.1 Å². The first-order valence-corrected chi connectivity index (χ1v) is 13.6. The lowest BCUT2D eigenvalue weighted by molar-refractivity contribution is 0.0176. The number of para-hydroxylation sites is 1. The summed E-state index contributed by atoms with van der Waals surface area (Å²) in [7, 11) is 0. The Hall–Kier alpha value is -3.25. The van der Waals surface area contributed by atoms with Gasteiger partial charge in [0.15, 0.2) is 0 Å². The number of rotatable bonds is 5. The van der Waals surface area contributed by atoms with E-state index in [1.165, 1.54) is 23.3 Å². The van der Waals surface area contributed by atoms with Crippen molar-refractivity contribution in [2.75, 3.05) is 31.1 Å². The number of nitrogens with zero attached hydrogens (tertiary/aromatic N) is 5. The normalized spacial score (nSPS) is 18.5. The molecule has 2 aromatic carbocycles. The zero-order valence-corrected chi connectivity index (χ0v) is 22.7. The van der Waals surface area contributed by atoms with Gasteiger partial charge in [0.2, 0.25) is 0 Å². The first-order valence-electron chi connectivity index (χ1n) is 13.6. The molecule has 0 spiro atoms. The Balaban J connectivity index is 1.25. The van der Waals surface area contributed by atoms with Crippen molar-refractivity contribution < 1.29 is 4.79 Å². The summed E-state index contributed by atoms with van der Waals surface area (Å²) in [4.78, 5) is 29.0. The number of hydrogen-bond acceptors (Lipinski definition) is 5. The fourth-order valence-electron chi connectivity index (χ4n) is 6.17. The minimum absolute atomic E-state index is 0.0769. The zero-order valence-electron chi connectivity index (χ0n) is 22.7. The summed E-state index contributed by atoms with van der Waals surface area (Å²) in [6.45, 7) is 12.1. The topological polar surface area (TPSA) is 52.6 Å². The van der Waals surface area contributed by atoms with Gasteiger partial charge in [-0.2, -0.15) is 0 Å². The van der Waals surface area contributed by atoms with Crippen LogP contribution in [0.25, 0.3) is 0 Å². The second kappa shape index (κ2) is 10.6. The van der Waals surface area contributed by atoms with E-state index in [4.69, 9.17) is 0 Å². The first-order chi connectivity index (χ1) is 17.9. The van der Waals surface area contributed by atoms with Gasteiger partial charge in [-0.1, -0.05) is 30.3 Å². The molecular formula is C31H39N5O. The van der Waals surface area contributed by atoms with Gasteiger partial charge in [-0.25, -0.2) is 9.97 Å². The summed E-state index contributed by atoms with van der Waals surface area (Å²) in [5.41, 5.74) is 6.16. The van der Waals surface area contributed by atoms with Gasteiger partial charge in [-0.15, -0.1) is 0 Å². The van der Waals surface area contributed by atoms with Crippen LogP contribution in [0.1, 0.15) is 59.9 Å². The quantitative estimate of drug-likeness (QED) is 0.453. The van der Waals surface area contributed by atoms with Crippen molar-refractivity contribution in [3.05, 3.63) is 83.4 Å². The van der Waals surface area contributed by atoms with E-state index in [1.54, 1.807) is 0 Å². The number of aryl methyl sites for hydroxylation is 3. The number of aromatic nitrogens is 2. The third-order valence-corrected chi connectivity index (χ3v) is 8.48. The van der Waals surface area contributed by atoms with Crippen LogP contribution >= 0.6 is 0 Å². The summed E-state index contributed by atoms with van der Waals surface area (Å²) in [6.07, 6.45) is 5.78. The molecule has 0 saturated carbocycles. The van der Waals surface area contributed by atoms with Crippen molar-refractivity contribution in [1.82, 2.24) is 19.8 Å². The van der Waals surface area contributed by atoms with Crippen molar-refractivity contribution in [2.45, 2.75) is 65.0 Å². The van der Waals surface area contributed by atoms with Gasteiger partial charge in [-0.3, -0.25) is 9.69 Å². The van der Waals surface area contributed by atoms with Crippen LogP contribution in [0.15, 0.2) is 60.9 Å². The molecule has 0 bridgehead atoms. The van der Waals surface area contributed by atoms with E-state index in [0.29, 0.717) is 11.6 Å². The van der Waals surface area contributed by atoms with Crippen LogP contribution in [0, 0.1) is 20.8 Å². The van der Waals surface area contributed by atoms with E-state index in [2.05, 4.69) is 88.2 Å². The van der Waals surface area contributed by atoms with Crippen LogP contribution in [0.2, 0.25) is 0 Å². The first kappa shape index (κ1) is 25.4. The van der Waals surface area contributed by atoms with E-state index in [1.807, 2.05) is 18.7 Å². The average Bonchev–Trinajstić information content (AvgIpc) is 2.90. The summed E-state index contributed by atoms with van der Waals surface area (Å²) in [6, 6.07) is 20.1. The van der Waals surface area contributed by atoms with Crippen LogP contribution < -0.4 is 4.90 Å². The number of anilines is 2. The van der Waals surface area contributed by atoms with Gasteiger partial charge >= 0.3 is 0 Å². The molecule has 1 amide bonds. The SMILES string of the molecule is Cc1cccc(N(c2ccccc2)C2CCN(C3(C)CCN(C(=O)c4c(C)ncnc4C)CC3)CC2)c1. The second-order valence-electron chi connectivity index (χ2n) is 11.0. The molecule has 3 heterocycles. The molecule has 0 unspecified atom stereocenters. The summed E-state index contributed by atoms with van der Waals surface area (Å²) >= 11 is 0. The Bertz CT molecular complexity index is 1210. The van der Waals surface area contributed by atoms with Crippen LogP contribution in [-0.2, 0) is 0 Å². The molecule has 2 aliphatic heterocycles. The molecule has 194 valence electrons. The minimum Gasteiger partial charge on any atom is -0.338 e. The van der Waals surface area contributed by atoms with Gasteiger partial charge in [0.05, 0.1) is 17.0 Å². The number of benzene rings is 2. The molecule has 2 saturated heterocycles. The minimum atomic E-state index is 0.0769. The standard InChI is InChI=1S/C31H39N5O/c1-23-9-8-12-28(21-23)36(26-10-6-5-7-11-26)27-13-17-35(18-14-27)31(4)15-19-34(20-16-31)30(37)29-24(2)32-22-33-25(29)3/h5-12,21-22,27H,13-20H2,1-4H3. The molecule has 2 fully saturated rings. The van der Waals surface area contributed by atoms with Crippen LogP contribution in [0.5, 0.6) is 0 Å². The number of hydrogen-bond donors (Lipinski definition) is 0. The maximum Gasteiger partial charge on any atom is 0.257 e. The maximum absolute atomic E-state index is 13.3. The Labute approximate surface area is 221 Å². The number of carbonyl (C=O) groups is 1. The Morgan fingerprint density at radius 3 is 2.11 bits per heavy atom. The van der Waals surface area contributed by atoms with Gasteiger partial charge in [0.1, 0.15) is 6.33 Å². The van der Waals surface area contributed by atoms with Crippen molar-refractivity contribution in [3.63, 3.8) is 0 Å². The largest absolute Gasteiger partial charge is 0.338 e. The van der Waals surface area contributed by atoms with Crippen molar-refractivity contribution in [3.8, 4) is 0 Å².